The van der Waals surface area contributed by atoms with Gasteiger partial charge in [-0.1, -0.05) is 13.8 Å². The molecule has 2 aromatic carbocycles. The highest BCUT2D eigenvalue weighted by atomic mass is 79.9. The monoisotopic (exact) mass is 483 g/mol. The Bertz CT molecular complexity index is 940. The van der Waals surface area contributed by atoms with Gasteiger partial charge in [0.05, 0.1) is 21.7 Å². The number of hydrogen-bond donors (Lipinski definition) is 2. The molecule has 154 valence electrons. The molecule has 0 aliphatic carbocycles. The fourth-order valence-electron chi connectivity index (χ4n) is 2.22. The van der Waals surface area contributed by atoms with Crippen molar-refractivity contribution in [3.63, 3.8) is 0 Å². The molecule has 0 unspecified atom stereocenters. The zero-order valence-corrected chi connectivity index (χ0v) is 18.1. The fraction of sp³-hybridized carbons (Fsp3) is 0.263. The molecular weight excluding hydrogens is 465 g/mol. The maximum atomic E-state index is 13.8. The van der Waals surface area contributed by atoms with Gasteiger partial charge in [0.2, 0.25) is 0 Å². The summed E-state index contributed by atoms with van der Waals surface area (Å²) in [6.45, 7) is 4.76. The van der Waals surface area contributed by atoms with Gasteiger partial charge in [0.25, 0.3) is 11.6 Å². The zero-order valence-electron chi connectivity index (χ0n) is 15.7. The Balaban J connectivity index is 2.01. The third-order valence-corrected chi connectivity index (χ3v) is 4.61. The van der Waals surface area contributed by atoms with Crippen molar-refractivity contribution in [3.05, 3.63) is 62.4 Å². The van der Waals surface area contributed by atoms with Crippen LogP contribution >= 0.6 is 28.1 Å². The van der Waals surface area contributed by atoms with E-state index in [4.69, 9.17) is 17.0 Å². The van der Waals surface area contributed by atoms with E-state index < -0.39 is 16.6 Å². The van der Waals surface area contributed by atoms with Gasteiger partial charge >= 0.3 is 0 Å². The van der Waals surface area contributed by atoms with E-state index in [1.807, 2.05) is 0 Å². The molecule has 0 saturated carbocycles. The summed E-state index contributed by atoms with van der Waals surface area (Å²) in [5.41, 5.74) is -0.212. The van der Waals surface area contributed by atoms with Crippen LogP contribution in [-0.2, 0) is 0 Å². The Morgan fingerprint density at radius 3 is 2.66 bits per heavy atom. The number of rotatable bonds is 7. The third-order valence-electron chi connectivity index (χ3n) is 3.78. The van der Waals surface area contributed by atoms with Gasteiger partial charge in [-0.15, -0.1) is 0 Å². The number of nitrogens with zero attached hydrogens (tertiary/aromatic N) is 1. The maximum Gasteiger partial charge on any atom is 0.271 e. The smallest absolute Gasteiger partial charge is 0.271 e. The number of nitrogens with one attached hydrogen (secondary N) is 2. The summed E-state index contributed by atoms with van der Waals surface area (Å²) in [7, 11) is 0. The quantitative estimate of drug-likeness (QED) is 0.325. The lowest BCUT2D eigenvalue weighted by molar-refractivity contribution is -0.384. The van der Waals surface area contributed by atoms with E-state index in [0.717, 1.165) is 24.6 Å². The summed E-state index contributed by atoms with van der Waals surface area (Å²) in [4.78, 5) is 22.5. The van der Waals surface area contributed by atoms with E-state index in [9.17, 15) is 19.3 Å². The van der Waals surface area contributed by atoms with Crippen molar-refractivity contribution in [3.8, 4) is 5.75 Å². The van der Waals surface area contributed by atoms with Crippen LogP contribution in [-0.4, -0.2) is 22.5 Å². The number of carbonyl (C=O) groups excluding carboxylic acids is 1. The van der Waals surface area contributed by atoms with Crippen molar-refractivity contribution < 1.29 is 18.8 Å². The fourth-order valence-corrected chi connectivity index (χ4v) is 2.91. The minimum absolute atomic E-state index is 0.192. The number of nitro groups is 1. The van der Waals surface area contributed by atoms with E-state index in [1.54, 1.807) is 18.2 Å². The van der Waals surface area contributed by atoms with Gasteiger partial charge in [-0.25, -0.2) is 4.39 Å². The Morgan fingerprint density at radius 1 is 1.31 bits per heavy atom. The molecule has 0 aromatic heterocycles. The van der Waals surface area contributed by atoms with Crippen LogP contribution < -0.4 is 15.4 Å². The lowest BCUT2D eigenvalue weighted by atomic mass is 10.1. The number of hydrogen-bond acceptors (Lipinski definition) is 5. The summed E-state index contributed by atoms with van der Waals surface area (Å²) in [5, 5.41) is 15.5. The number of thiocarbonyl (C=S) groups is 1. The number of ether oxygens (including phenoxy) is 1. The number of non-ortho nitro benzene ring substituents is 1. The van der Waals surface area contributed by atoms with E-state index >= 15 is 0 Å². The van der Waals surface area contributed by atoms with Crippen LogP contribution in [0.1, 0.15) is 30.6 Å². The van der Waals surface area contributed by atoms with Crippen LogP contribution in [0.5, 0.6) is 5.75 Å². The first-order valence-electron chi connectivity index (χ1n) is 8.66. The van der Waals surface area contributed by atoms with E-state index in [2.05, 4.69) is 40.4 Å². The summed E-state index contributed by atoms with van der Waals surface area (Å²) in [5.74, 6) is -0.134. The molecule has 2 aromatic rings. The van der Waals surface area contributed by atoms with Crippen molar-refractivity contribution in [2.45, 2.75) is 20.3 Å². The molecule has 0 radical (unpaired) electrons. The number of anilines is 1. The van der Waals surface area contributed by atoms with Crippen LogP contribution in [0.3, 0.4) is 0 Å². The van der Waals surface area contributed by atoms with Crippen molar-refractivity contribution >= 4 is 50.5 Å². The molecule has 0 fully saturated rings. The molecule has 0 saturated heterocycles. The van der Waals surface area contributed by atoms with Crippen LogP contribution in [0.25, 0.3) is 0 Å². The Labute approximate surface area is 180 Å². The molecule has 2 N–H and O–H groups in total. The molecular formula is C19H19BrFN3O4S. The second-order valence-electron chi connectivity index (χ2n) is 6.51. The predicted octanol–water partition coefficient (Wildman–Crippen LogP) is 5.05. The maximum absolute atomic E-state index is 13.8. The Kier molecular flexibility index (Phi) is 8.03. The third kappa shape index (κ3) is 6.75. The summed E-state index contributed by atoms with van der Waals surface area (Å²) in [6.07, 6.45) is 0.906. The SMILES string of the molecule is CC(C)CCOc1ccc(C(=O)NC(=S)Nc2cc([N+](=O)[O-])ccc2F)cc1Br. The molecule has 29 heavy (non-hydrogen) atoms. The van der Waals surface area contributed by atoms with E-state index in [1.165, 1.54) is 0 Å². The number of halogens is 2. The normalized spacial score (nSPS) is 10.5. The second kappa shape index (κ2) is 10.3. The van der Waals surface area contributed by atoms with Gasteiger partial charge in [0.1, 0.15) is 11.6 Å². The first-order valence-corrected chi connectivity index (χ1v) is 9.86. The molecule has 2 rings (SSSR count). The van der Waals surface area contributed by atoms with Gasteiger partial charge < -0.3 is 10.1 Å². The van der Waals surface area contributed by atoms with Crippen molar-refractivity contribution in [2.75, 3.05) is 11.9 Å². The molecule has 0 aliphatic rings. The minimum Gasteiger partial charge on any atom is -0.492 e. The van der Waals surface area contributed by atoms with Crippen molar-refractivity contribution in [2.24, 2.45) is 5.92 Å². The van der Waals surface area contributed by atoms with Crippen LogP contribution in [0.2, 0.25) is 0 Å². The molecule has 0 aliphatic heterocycles. The highest BCUT2D eigenvalue weighted by Gasteiger charge is 2.14. The second-order valence-corrected chi connectivity index (χ2v) is 7.77. The largest absolute Gasteiger partial charge is 0.492 e. The van der Waals surface area contributed by atoms with E-state index in [0.29, 0.717) is 28.3 Å². The molecule has 7 nitrogen and oxygen atoms in total. The highest BCUT2D eigenvalue weighted by molar-refractivity contribution is 9.10. The highest BCUT2D eigenvalue weighted by Crippen LogP contribution is 2.26. The van der Waals surface area contributed by atoms with Gasteiger partial charge in [-0.3, -0.25) is 20.2 Å². The Hall–Kier alpha value is -2.59. The zero-order chi connectivity index (χ0) is 21.6. The lowest BCUT2D eigenvalue weighted by Crippen LogP contribution is -2.34. The van der Waals surface area contributed by atoms with Gasteiger partial charge in [-0.2, -0.15) is 0 Å². The molecule has 0 spiro atoms. The predicted molar refractivity (Wildman–Crippen MR) is 116 cm³/mol. The summed E-state index contributed by atoms with van der Waals surface area (Å²) < 4.78 is 20.1. The average molecular weight is 484 g/mol. The first-order chi connectivity index (χ1) is 13.7. The first kappa shape index (κ1) is 22.7. The standard InChI is InChI=1S/C19H19BrFN3O4S/c1-11(2)7-8-28-17-6-3-12(9-14(17)20)18(25)23-19(29)22-16-10-13(24(26)27)4-5-15(16)21/h3-6,9-11H,7-8H2,1-2H3,(H2,22,23,25,29). The summed E-state index contributed by atoms with van der Waals surface area (Å²) >= 11 is 8.37. The van der Waals surface area contributed by atoms with Crippen molar-refractivity contribution in [1.29, 1.82) is 0 Å². The molecule has 0 atom stereocenters. The number of carbonyl (C=O) groups is 1. The Morgan fingerprint density at radius 2 is 2.03 bits per heavy atom. The number of benzene rings is 2. The van der Waals surface area contributed by atoms with E-state index in [-0.39, 0.29) is 16.5 Å². The number of amides is 1. The molecule has 1 amide bonds. The van der Waals surface area contributed by atoms with Gasteiger partial charge in [-0.05, 0) is 64.8 Å². The number of nitro benzene ring substituents is 1. The van der Waals surface area contributed by atoms with Crippen LogP contribution in [0.15, 0.2) is 40.9 Å². The minimum atomic E-state index is -0.738. The van der Waals surface area contributed by atoms with Crippen LogP contribution in [0, 0.1) is 21.8 Å². The molecule has 0 bridgehead atoms. The topological polar surface area (TPSA) is 93.5 Å². The molecule has 0 heterocycles. The molecule has 10 heteroatoms. The van der Waals surface area contributed by atoms with Gasteiger partial charge in [0, 0.05) is 17.7 Å². The van der Waals surface area contributed by atoms with Crippen molar-refractivity contribution in [1.82, 2.24) is 5.32 Å². The average Bonchev–Trinajstić information content (AvgIpc) is 2.64. The summed E-state index contributed by atoms with van der Waals surface area (Å²) in [6, 6.07) is 7.78. The van der Waals surface area contributed by atoms with Gasteiger partial charge in [0.15, 0.2) is 5.11 Å². The van der Waals surface area contributed by atoms with Crippen LogP contribution in [0.4, 0.5) is 15.8 Å². The lowest BCUT2D eigenvalue weighted by Gasteiger charge is -2.12.